The van der Waals surface area contributed by atoms with Crippen LogP contribution in [-0.4, -0.2) is 5.78 Å². The van der Waals surface area contributed by atoms with Gasteiger partial charge in [0.1, 0.15) is 5.78 Å². The maximum absolute atomic E-state index is 11.9. The highest BCUT2D eigenvalue weighted by Crippen LogP contribution is 2.48. The molecule has 0 aliphatic heterocycles. The first kappa shape index (κ1) is 8.74. The minimum atomic E-state index is -0.210. The highest BCUT2D eigenvalue weighted by Gasteiger charge is 2.46. The maximum atomic E-state index is 11.9. The van der Waals surface area contributed by atoms with Gasteiger partial charge in [-0.1, -0.05) is 37.6 Å². The lowest BCUT2D eigenvalue weighted by molar-refractivity contribution is -0.124. The number of Topliss-reactive ketones (excluding diaryl/α,β-unsaturated/α-hetero) is 1. The minimum absolute atomic E-state index is 0.210. The Morgan fingerprint density at radius 2 is 2.15 bits per heavy atom. The zero-order valence-corrected chi connectivity index (χ0v) is 8.34. The number of rotatable bonds is 1. The van der Waals surface area contributed by atoms with Crippen molar-refractivity contribution in [2.24, 2.45) is 11.3 Å². The van der Waals surface area contributed by atoms with E-state index in [1.807, 2.05) is 0 Å². The largest absolute Gasteiger partial charge is 0.298 e. The Kier molecular flexibility index (Phi) is 1.90. The summed E-state index contributed by atoms with van der Waals surface area (Å²) in [4.78, 5) is 11.9. The van der Waals surface area contributed by atoms with E-state index in [9.17, 15) is 4.79 Å². The van der Waals surface area contributed by atoms with E-state index in [0.717, 1.165) is 19.3 Å². The normalized spacial score (nSPS) is 32.2. The van der Waals surface area contributed by atoms with Gasteiger partial charge in [0.15, 0.2) is 0 Å². The van der Waals surface area contributed by atoms with Crippen molar-refractivity contribution < 1.29 is 4.79 Å². The molecule has 13 heavy (non-hydrogen) atoms. The quantitative estimate of drug-likeness (QED) is 0.561. The van der Waals surface area contributed by atoms with Crippen LogP contribution in [0.5, 0.6) is 0 Å². The Bertz CT molecular complexity index is 296. The molecule has 1 saturated carbocycles. The monoisotopic (exact) mass is 176 g/mol. The number of allylic oxidation sites excluding steroid dienone is 4. The van der Waals surface area contributed by atoms with E-state index >= 15 is 0 Å². The summed E-state index contributed by atoms with van der Waals surface area (Å²) in [5, 5.41) is 0. The van der Waals surface area contributed by atoms with Gasteiger partial charge in [-0.05, 0) is 18.8 Å². The molecule has 2 aliphatic rings. The Labute approximate surface area is 79.5 Å². The van der Waals surface area contributed by atoms with Crippen molar-refractivity contribution in [3.63, 3.8) is 0 Å². The van der Waals surface area contributed by atoms with Crippen LogP contribution >= 0.6 is 0 Å². The van der Waals surface area contributed by atoms with Crippen molar-refractivity contribution in [2.45, 2.75) is 33.1 Å². The Morgan fingerprint density at radius 3 is 2.77 bits per heavy atom. The molecule has 2 rings (SSSR count). The molecular weight excluding hydrogens is 160 g/mol. The van der Waals surface area contributed by atoms with Crippen molar-refractivity contribution in [3.8, 4) is 0 Å². The summed E-state index contributed by atoms with van der Waals surface area (Å²) in [5.74, 6) is 0.829. The summed E-state index contributed by atoms with van der Waals surface area (Å²) in [6, 6.07) is 0. The lowest BCUT2D eigenvalue weighted by atomic mass is 9.70. The molecule has 0 saturated heterocycles. The molecule has 0 amide bonds. The van der Waals surface area contributed by atoms with Crippen LogP contribution in [0.2, 0.25) is 0 Å². The molecule has 70 valence electrons. The average Bonchev–Trinajstić information content (AvgIpc) is 2.46. The van der Waals surface area contributed by atoms with Gasteiger partial charge >= 0.3 is 0 Å². The Balaban J connectivity index is 2.49. The van der Waals surface area contributed by atoms with E-state index in [-0.39, 0.29) is 5.41 Å². The van der Waals surface area contributed by atoms with Gasteiger partial charge in [0, 0.05) is 6.42 Å². The van der Waals surface area contributed by atoms with Gasteiger partial charge in [0.2, 0.25) is 0 Å². The molecular formula is C12H16O. The topological polar surface area (TPSA) is 17.1 Å². The standard InChI is InChI=1S/C12H16O/c1-9(2)12-8-4-3-5-10(12)6-7-11(12)13/h4-5,8-9H,3,6-7H2,1-2H3. The molecule has 0 bridgehead atoms. The molecule has 1 heteroatoms. The van der Waals surface area contributed by atoms with Gasteiger partial charge in [-0.25, -0.2) is 0 Å². The van der Waals surface area contributed by atoms with Crippen LogP contribution in [-0.2, 0) is 4.79 Å². The van der Waals surface area contributed by atoms with E-state index in [1.54, 1.807) is 0 Å². The molecule has 0 radical (unpaired) electrons. The lowest BCUT2D eigenvalue weighted by Gasteiger charge is -2.32. The summed E-state index contributed by atoms with van der Waals surface area (Å²) in [5.41, 5.74) is 1.16. The van der Waals surface area contributed by atoms with Crippen molar-refractivity contribution >= 4 is 5.78 Å². The number of carbonyl (C=O) groups excluding carboxylic acids is 1. The van der Waals surface area contributed by atoms with Crippen LogP contribution in [0, 0.1) is 11.3 Å². The number of hydrogen-bond acceptors (Lipinski definition) is 1. The first-order valence-electron chi connectivity index (χ1n) is 5.08. The van der Waals surface area contributed by atoms with Gasteiger partial charge in [-0.3, -0.25) is 4.79 Å². The molecule has 1 fully saturated rings. The van der Waals surface area contributed by atoms with Crippen LogP contribution in [0.3, 0.4) is 0 Å². The van der Waals surface area contributed by atoms with Crippen LogP contribution in [0.15, 0.2) is 23.8 Å². The predicted octanol–water partition coefficient (Wildman–Crippen LogP) is 2.88. The van der Waals surface area contributed by atoms with Crippen LogP contribution in [0.1, 0.15) is 33.1 Å². The zero-order chi connectivity index (χ0) is 9.47. The fourth-order valence-corrected chi connectivity index (χ4v) is 2.66. The maximum Gasteiger partial charge on any atom is 0.147 e. The Morgan fingerprint density at radius 1 is 1.38 bits per heavy atom. The second-order valence-corrected chi connectivity index (χ2v) is 4.31. The second-order valence-electron chi connectivity index (χ2n) is 4.31. The summed E-state index contributed by atoms with van der Waals surface area (Å²) < 4.78 is 0. The molecule has 0 heterocycles. The molecule has 1 atom stereocenters. The minimum Gasteiger partial charge on any atom is -0.298 e. The van der Waals surface area contributed by atoms with E-state index in [0.29, 0.717) is 11.7 Å². The van der Waals surface area contributed by atoms with Crippen molar-refractivity contribution in [1.29, 1.82) is 0 Å². The van der Waals surface area contributed by atoms with Crippen molar-refractivity contribution in [3.05, 3.63) is 23.8 Å². The van der Waals surface area contributed by atoms with Crippen LogP contribution in [0.25, 0.3) is 0 Å². The third kappa shape index (κ3) is 1.03. The van der Waals surface area contributed by atoms with Gasteiger partial charge in [-0.2, -0.15) is 0 Å². The number of fused-ring (bicyclic) bond motifs is 1. The van der Waals surface area contributed by atoms with Crippen LogP contribution in [0.4, 0.5) is 0 Å². The summed E-state index contributed by atoms with van der Waals surface area (Å²) in [6.45, 7) is 4.29. The average molecular weight is 176 g/mol. The summed E-state index contributed by atoms with van der Waals surface area (Å²) in [6.07, 6.45) is 9.26. The smallest absolute Gasteiger partial charge is 0.147 e. The number of ketones is 1. The van der Waals surface area contributed by atoms with Gasteiger partial charge in [0.05, 0.1) is 5.41 Å². The molecule has 0 aromatic carbocycles. The molecule has 1 unspecified atom stereocenters. The van der Waals surface area contributed by atoms with Gasteiger partial charge < -0.3 is 0 Å². The SMILES string of the molecule is CC(C)C12C=CCC=C1CCC2=O. The molecule has 0 spiro atoms. The lowest BCUT2D eigenvalue weighted by Crippen LogP contribution is -2.32. The molecule has 0 aromatic rings. The summed E-state index contributed by atoms with van der Waals surface area (Å²) >= 11 is 0. The number of hydrogen-bond donors (Lipinski definition) is 0. The number of carbonyl (C=O) groups is 1. The second kappa shape index (κ2) is 2.83. The third-order valence-corrected chi connectivity index (χ3v) is 3.41. The zero-order valence-electron chi connectivity index (χ0n) is 8.34. The molecule has 0 aromatic heterocycles. The van der Waals surface area contributed by atoms with E-state index in [2.05, 4.69) is 32.1 Å². The molecule has 2 aliphatic carbocycles. The highest BCUT2D eigenvalue weighted by atomic mass is 16.1. The van der Waals surface area contributed by atoms with Gasteiger partial charge in [-0.15, -0.1) is 0 Å². The van der Waals surface area contributed by atoms with E-state index < -0.39 is 0 Å². The van der Waals surface area contributed by atoms with Crippen molar-refractivity contribution in [2.75, 3.05) is 0 Å². The highest BCUT2D eigenvalue weighted by molar-refractivity contribution is 5.93. The van der Waals surface area contributed by atoms with E-state index in [1.165, 1.54) is 5.57 Å². The first-order valence-corrected chi connectivity index (χ1v) is 5.08. The summed E-state index contributed by atoms with van der Waals surface area (Å²) in [7, 11) is 0. The first-order chi connectivity index (χ1) is 6.18. The fraction of sp³-hybridized carbons (Fsp3) is 0.583. The fourth-order valence-electron chi connectivity index (χ4n) is 2.66. The Hall–Kier alpha value is -0.850. The molecule has 0 N–H and O–H groups in total. The third-order valence-electron chi connectivity index (χ3n) is 3.41. The van der Waals surface area contributed by atoms with E-state index in [4.69, 9.17) is 0 Å². The van der Waals surface area contributed by atoms with Crippen molar-refractivity contribution in [1.82, 2.24) is 0 Å². The van der Waals surface area contributed by atoms with Crippen LogP contribution < -0.4 is 0 Å². The predicted molar refractivity (Wildman–Crippen MR) is 53.4 cm³/mol. The van der Waals surface area contributed by atoms with Gasteiger partial charge in [0.25, 0.3) is 0 Å². The molecule has 1 nitrogen and oxygen atoms in total.